The van der Waals surface area contributed by atoms with Gasteiger partial charge in [-0.25, -0.2) is 14.2 Å². The zero-order valence-electron chi connectivity index (χ0n) is 17.2. The van der Waals surface area contributed by atoms with Crippen LogP contribution in [0.5, 0.6) is 0 Å². The lowest BCUT2D eigenvalue weighted by molar-refractivity contribution is 0.00597. The number of piperidine rings is 1. The van der Waals surface area contributed by atoms with Crippen molar-refractivity contribution in [1.82, 2.24) is 14.3 Å². The van der Waals surface area contributed by atoms with Gasteiger partial charge in [0.1, 0.15) is 17.2 Å². The fourth-order valence-electron chi connectivity index (χ4n) is 3.93. The number of benzene rings is 1. The average molecular weight is 419 g/mol. The van der Waals surface area contributed by atoms with E-state index >= 15 is 0 Å². The van der Waals surface area contributed by atoms with Gasteiger partial charge in [0.15, 0.2) is 0 Å². The Hall–Kier alpha value is -2.22. The summed E-state index contributed by atoms with van der Waals surface area (Å²) in [6, 6.07) is 6.47. The van der Waals surface area contributed by atoms with Gasteiger partial charge in [0.05, 0.1) is 0 Å². The smallest absolute Gasteiger partial charge is 0.410 e. The number of ether oxygens (including phenoxy) is 1. The predicted octanol–water partition coefficient (Wildman–Crippen LogP) is 4.11. The number of amides is 1. The third-order valence-corrected chi connectivity index (χ3v) is 6.35. The highest BCUT2D eigenvalue weighted by atomic mass is 32.1. The fraction of sp³-hybridized carbons (Fsp3) is 0.571. The Morgan fingerprint density at radius 1 is 1.21 bits per heavy atom. The van der Waals surface area contributed by atoms with Crippen molar-refractivity contribution in [1.29, 1.82) is 0 Å². The molecule has 0 radical (unpaired) electrons. The van der Waals surface area contributed by atoms with E-state index in [2.05, 4.69) is 14.3 Å². The zero-order chi connectivity index (χ0) is 20.6. The second kappa shape index (κ2) is 7.55. The van der Waals surface area contributed by atoms with E-state index in [1.165, 1.54) is 23.7 Å². The minimum Gasteiger partial charge on any atom is -0.444 e. The van der Waals surface area contributed by atoms with Crippen molar-refractivity contribution in [3.63, 3.8) is 0 Å². The molecule has 29 heavy (non-hydrogen) atoms. The molecule has 0 atom stereocenters. The van der Waals surface area contributed by atoms with Gasteiger partial charge in [-0.15, -0.1) is 0 Å². The van der Waals surface area contributed by atoms with Crippen molar-refractivity contribution in [3.05, 3.63) is 41.5 Å². The van der Waals surface area contributed by atoms with E-state index < -0.39 is 5.60 Å². The van der Waals surface area contributed by atoms with Crippen LogP contribution in [0, 0.1) is 11.2 Å². The summed E-state index contributed by atoms with van der Waals surface area (Å²) in [5, 5.41) is 0.947. The van der Waals surface area contributed by atoms with Gasteiger partial charge in [-0.05, 0) is 51.3 Å². The summed E-state index contributed by atoms with van der Waals surface area (Å²) in [4.78, 5) is 21.0. The second-order valence-electron chi connectivity index (χ2n) is 9.12. The second-order valence-corrected chi connectivity index (χ2v) is 9.85. The Kier molecular flexibility index (Phi) is 5.23. The molecule has 2 aromatic rings. The monoisotopic (exact) mass is 418 g/mol. The number of carbonyl (C=O) groups is 1. The van der Waals surface area contributed by atoms with Gasteiger partial charge in [0, 0.05) is 49.5 Å². The van der Waals surface area contributed by atoms with Crippen LogP contribution in [0.25, 0.3) is 0 Å². The quantitative estimate of drug-likeness (QED) is 0.751. The van der Waals surface area contributed by atoms with E-state index in [1.807, 2.05) is 25.7 Å². The van der Waals surface area contributed by atoms with E-state index in [4.69, 9.17) is 4.74 Å². The zero-order valence-corrected chi connectivity index (χ0v) is 18.0. The van der Waals surface area contributed by atoms with Gasteiger partial charge in [-0.2, -0.15) is 4.37 Å². The maximum absolute atomic E-state index is 13.0. The molecule has 0 aliphatic carbocycles. The first-order valence-electron chi connectivity index (χ1n) is 10.0. The van der Waals surface area contributed by atoms with E-state index in [-0.39, 0.29) is 17.3 Å². The first-order chi connectivity index (χ1) is 13.7. The molecule has 2 fully saturated rings. The molecule has 3 heterocycles. The van der Waals surface area contributed by atoms with E-state index in [1.54, 1.807) is 12.1 Å². The Morgan fingerprint density at radius 3 is 2.48 bits per heavy atom. The van der Waals surface area contributed by atoms with Gasteiger partial charge < -0.3 is 14.5 Å². The number of aromatic nitrogens is 2. The topological polar surface area (TPSA) is 58.6 Å². The Labute approximate surface area is 174 Å². The van der Waals surface area contributed by atoms with Crippen molar-refractivity contribution in [2.75, 3.05) is 31.1 Å². The summed E-state index contributed by atoms with van der Waals surface area (Å²) in [6.45, 7) is 9.09. The van der Waals surface area contributed by atoms with Crippen LogP contribution in [0.3, 0.4) is 0 Å². The Bertz CT molecular complexity index is 862. The number of hydrogen-bond acceptors (Lipinski definition) is 6. The van der Waals surface area contributed by atoms with Gasteiger partial charge in [-0.1, -0.05) is 12.1 Å². The predicted molar refractivity (Wildman–Crippen MR) is 111 cm³/mol. The normalized spacial score (nSPS) is 18.6. The van der Waals surface area contributed by atoms with Crippen molar-refractivity contribution in [3.8, 4) is 0 Å². The molecule has 1 aromatic carbocycles. The third-order valence-electron chi connectivity index (χ3n) is 5.53. The highest BCUT2D eigenvalue weighted by Gasteiger charge is 2.46. The lowest BCUT2D eigenvalue weighted by Gasteiger charge is -2.53. The van der Waals surface area contributed by atoms with Crippen molar-refractivity contribution >= 4 is 22.8 Å². The Morgan fingerprint density at radius 2 is 1.86 bits per heavy atom. The molecule has 6 nitrogen and oxygen atoms in total. The van der Waals surface area contributed by atoms with E-state index in [9.17, 15) is 9.18 Å². The van der Waals surface area contributed by atoms with Crippen LogP contribution < -0.4 is 4.90 Å². The molecule has 0 bridgehead atoms. The summed E-state index contributed by atoms with van der Waals surface area (Å²) < 4.78 is 23.0. The van der Waals surface area contributed by atoms with E-state index in [0.29, 0.717) is 6.42 Å². The van der Waals surface area contributed by atoms with Crippen LogP contribution in [0.15, 0.2) is 24.3 Å². The largest absolute Gasteiger partial charge is 0.444 e. The van der Waals surface area contributed by atoms with Crippen LogP contribution in [-0.4, -0.2) is 52.1 Å². The molecular weight excluding hydrogens is 391 g/mol. The van der Waals surface area contributed by atoms with Gasteiger partial charge in [0.2, 0.25) is 5.13 Å². The fourth-order valence-corrected chi connectivity index (χ4v) is 4.62. The molecule has 1 amide bonds. The molecule has 0 N–H and O–H groups in total. The molecule has 8 heteroatoms. The molecule has 1 aromatic heterocycles. The number of nitrogens with zero attached hydrogens (tertiary/aromatic N) is 4. The highest BCUT2D eigenvalue weighted by Crippen LogP contribution is 2.43. The first-order valence-corrected chi connectivity index (χ1v) is 10.8. The number of carbonyl (C=O) groups excluding carboxylic acids is 1. The summed E-state index contributed by atoms with van der Waals surface area (Å²) in [6.07, 6.45) is 2.38. The van der Waals surface area contributed by atoms with Crippen LogP contribution in [0.1, 0.15) is 45.0 Å². The van der Waals surface area contributed by atoms with Gasteiger partial charge in [0.25, 0.3) is 0 Å². The van der Waals surface area contributed by atoms with Crippen LogP contribution >= 0.6 is 11.5 Å². The molecule has 4 rings (SSSR count). The molecule has 1 spiro atoms. The standard InChI is InChI=1S/C21H27FN4O2S/c1-20(2,3)28-19(27)25-10-8-21(9-11-25)13-26(14-21)18-23-17(24-29-18)12-15-4-6-16(22)7-5-15/h4-7H,8-14H2,1-3H3. The molecule has 0 unspecified atom stereocenters. The van der Waals surface area contributed by atoms with Crippen LogP contribution in [-0.2, 0) is 11.2 Å². The van der Waals surface area contributed by atoms with Crippen molar-refractivity contribution in [2.45, 2.75) is 45.6 Å². The van der Waals surface area contributed by atoms with E-state index in [0.717, 1.165) is 55.5 Å². The summed E-state index contributed by atoms with van der Waals surface area (Å²) in [7, 11) is 0. The summed E-state index contributed by atoms with van der Waals surface area (Å²) in [5.41, 5.74) is 0.815. The third kappa shape index (κ3) is 4.69. The SMILES string of the molecule is CC(C)(C)OC(=O)N1CCC2(CC1)CN(c1nc(Cc3ccc(F)cc3)ns1)C2. The maximum atomic E-state index is 13.0. The first kappa shape index (κ1) is 20.1. The molecular formula is C21H27FN4O2S. The molecule has 2 aliphatic heterocycles. The average Bonchev–Trinajstić information content (AvgIpc) is 3.08. The lowest BCUT2D eigenvalue weighted by atomic mass is 9.72. The van der Waals surface area contributed by atoms with Gasteiger partial charge >= 0.3 is 6.09 Å². The number of rotatable bonds is 3. The number of anilines is 1. The minimum atomic E-state index is -0.455. The number of halogens is 1. The molecule has 2 saturated heterocycles. The maximum Gasteiger partial charge on any atom is 0.410 e. The minimum absolute atomic E-state index is 0.210. The number of likely N-dealkylation sites (tertiary alicyclic amines) is 1. The Balaban J connectivity index is 1.28. The summed E-state index contributed by atoms with van der Waals surface area (Å²) >= 11 is 1.42. The molecule has 156 valence electrons. The lowest BCUT2D eigenvalue weighted by Crippen LogP contribution is -2.61. The van der Waals surface area contributed by atoms with Crippen LogP contribution in [0.4, 0.5) is 14.3 Å². The summed E-state index contributed by atoms with van der Waals surface area (Å²) in [5.74, 6) is 0.543. The van der Waals surface area contributed by atoms with Crippen LogP contribution in [0.2, 0.25) is 0 Å². The molecule has 2 aliphatic rings. The van der Waals surface area contributed by atoms with Gasteiger partial charge in [-0.3, -0.25) is 0 Å². The number of hydrogen-bond donors (Lipinski definition) is 0. The van der Waals surface area contributed by atoms with Crippen molar-refractivity contribution < 1.29 is 13.9 Å². The van der Waals surface area contributed by atoms with Crippen molar-refractivity contribution in [2.24, 2.45) is 5.41 Å². The highest BCUT2D eigenvalue weighted by molar-refractivity contribution is 7.09. The molecule has 0 saturated carbocycles.